The number of rotatable bonds is 7. The molecule has 0 radical (unpaired) electrons. The number of carbonyl (C=O) groups is 2. The number of unbranched alkanes of at least 4 members (excludes halogenated alkanes) is 1. The van der Waals surface area contributed by atoms with Gasteiger partial charge >= 0.3 is 5.97 Å². The minimum Gasteiger partial charge on any atom is -0.480 e. The summed E-state index contributed by atoms with van der Waals surface area (Å²) in [5, 5.41) is 13.4. The molecule has 2 unspecified atom stereocenters. The molecule has 0 aromatic heterocycles. The van der Waals surface area contributed by atoms with Crippen LogP contribution in [0.2, 0.25) is 10.0 Å². The van der Waals surface area contributed by atoms with E-state index in [-0.39, 0.29) is 12.3 Å². The van der Waals surface area contributed by atoms with Crippen LogP contribution < -0.4 is 16.0 Å². The van der Waals surface area contributed by atoms with Gasteiger partial charge in [-0.05, 0) is 55.6 Å². The Morgan fingerprint density at radius 2 is 1.90 bits per heavy atom. The number of hydrogen-bond donors (Lipinski definition) is 3. The van der Waals surface area contributed by atoms with Crippen molar-refractivity contribution in [2.45, 2.75) is 44.7 Å². The number of carboxylic acid groups (broad SMARTS) is 1. The van der Waals surface area contributed by atoms with Crippen LogP contribution >= 0.6 is 23.2 Å². The summed E-state index contributed by atoms with van der Waals surface area (Å²) < 4.78 is 0. The minimum absolute atomic E-state index is 0.182. The fraction of sp³-hybridized carbons (Fsp3) is 0.364. The molecule has 3 rings (SSSR count). The number of fused-ring (bicyclic) bond motifs is 1. The Hall–Kier alpha value is -2.28. The second-order valence-corrected chi connectivity index (χ2v) is 8.28. The highest BCUT2D eigenvalue weighted by Crippen LogP contribution is 2.44. The second-order valence-electron chi connectivity index (χ2n) is 7.44. The number of carbonyl (C=O) groups excluding carboxylic acids is 1. The first-order chi connectivity index (χ1) is 14.3. The molecule has 0 bridgehead atoms. The number of hydrogen-bond acceptors (Lipinski definition) is 4. The minimum atomic E-state index is -1.000. The molecule has 1 heterocycles. The predicted octanol–water partition coefficient (Wildman–Crippen LogP) is 4.64. The van der Waals surface area contributed by atoms with Gasteiger partial charge in [0.1, 0.15) is 6.04 Å². The fourth-order valence-corrected chi connectivity index (χ4v) is 4.52. The van der Waals surface area contributed by atoms with Crippen LogP contribution in [0, 0.1) is 0 Å². The zero-order valence-electron chi connectivity index (χ0n) is 16.7. The van der Waals surface area contributed by atoms with Crippen molar-refractivity contribution < 1.29 is 14.7 Å². The van der Waals surface area contributed by atoms with Gasteiger partial charge in [-0.1, -0.05) is 35.3 Å². The number of amides is 1. The molecule has 30 heavy (non-hydrogen) atoms. The number of aryl methyl sites for hydroxylation is 1. The Labute approximate surface area is 186 Å². The Balaban J connectivity index is 1.99. The molecular weight excluding hydrogens is 425 g/mol. The van der Waals surface area contributed by atoms with E-state index >= 15 is 0 Å². The molecule has 8 heteroatoms. The third kappa shape index (κ3) is 4.89. The van der Waals surface area contributed by atoms with E-state index in [2.05, 4.69) is 5.32 Å². The van der Waals surface area contributed by atoms with E-state index in [0.717, 1.165) is 24.8 Å². The van der Waals surface area contributed by atoms with E-state index in [1.807, 2.05) is 24.3 Å². The zero-order chi connectivity index (χ0) is 21.8. The van der Waals surface area contributed by atoms with Gasteiger partial charge in [0, 0.05) is 40.3 Å². The van der Waals surface area contributed by atoms with Crippen molar-refractivity contribution in [3.8, 4) is 0 Å². The van der Waals surface area contributed by atoms with Crippen LogP contribution in [0.3, 0.4) is 0 Å². The summed E-state index contributed by atoms with van der Waals surface area (Å²) in [5.41, 5.74) is 8.61. The fourth-order valence-electron chi connectivity index (χ4n) is 3.91. The number of aliphatic carboxylic acids is 1. The van der Waals surface area contributed by atoms with Crippen LogP contribution in [0.4, 0.5) is 11.4 Å². The lowest BCUT2D eigenvalue weighted by molar-refractivity contribution is -0.138. The van der Waals surface area contributed by atoms with Crippen molar-refractivity contribution >= 4 is 46.5 Å². The van der Waals surface area contributed by atoms with Gasteiger partial charge < -0.3 is 21.1 Å². The first-order valence-corrected chi connectivity index (χ1v) is 10.6. The average Bonchev–Trinajstić information content (AvgIpc) is 2.68. The highest BCUT2D eigenvalue weighted by molar-refractivity contribution is 6.35. The number of halogens is 2. The quantitative estimate of drug-likeness (QED) is 0.535. The lowest BCUT2D eigenvalue weighted by Gasteiger charge is -2.38. The monoisotopic (exact) mass is 449 g/mol. The molecule has 1 aliphatic rings. The van der Waals surface area contributed by atoms with Crippen LogP contribution in [0.1, 0.15) is 43.4 Å². The number of nitrogens with zero attached hydrogens (tertiary/aromatic N) is 1. The molecule has 6 nitrogen and oxygen atoms in total. The number of nitrogens with one attached hydrogen (secondary N) is 1. The topological polar surface area (TPSA) is 95.7 Å². The first kappa shape index (κ1) is 22.4. The molecule has 2 atom stereocenters. The van der Waals surface area contributed by atoms with Crippen LogP contribution in [-0.2, 0) is 16.0 Å². The Morgan fingerprint density at radius 3 is 2.50 bits per heavy atom. The van der Waals surface area contributed by atoms with Crippen molar-refractivity contribution in [1.29, 1.82) is 0 Å². The molecule has 0 saturated heterocycles. The highest BCUT2D eigenvalue weighted by atomic mass is 35.5. The van der Waals surface area contributed by atoms with E-state index in [9.17, 15) is 14.7 Å². The average molecular weight is 450 g/mol. The molecule has 2 aromatic carbocycles. The summed E-state index contributed by atoms with van der Waals surface area (Å²) in [7, 11) is 0. The molecule has 4 N–H and O–H groups in total. The molecule has 2 aromatic rings. The van der Waals surface area contributed by atoms with E-state index in [1.54, 1.807) is 17.0 Å². The van der Waals surface area contributed by atoms with Gasteiger partial charge in [-0.2, -0.15) is 0 Å². The van der Waals surface area contributed by atoms with E-state index in [4.69, 9.17) is 28.9 Å². The van der Waals surface area contributed by atoms with E-state index in [1.165, 1.54) is 6.92 Å². The van der Waals surface area contributed by atoms with Gasteiger partial charge in [0.05, 0.1) is 6.04 Å². The molecule has 0 spiro atoms. The third-order valence-corrected chi connectivity index (χ3v) is 5.83. The lowest BCUT2D eigenvalue weighted by Crippen LogP contribution is -2.43. The summed E-state index contributed by atoms with van der Waals surface area (Å²) in [4.78, 5) is 26.0. The SMILES string of the molecule is CC(=O)N(c1ccc(CCCCN)cc1)C1CC(C(=O)O)Nc2cc(Cl)cc(Cl)c21. The lowest BCUT2D eigenvalue weighted by atomic mass is 9.90. The van der Waals surface area contributed by atoms with Crippen LogP contribution in [-0.4, -0.2) is 29.6 Å². The molecule has 1 aliphatic heterocycles. The molecule has 0 saturated carbocycles. The maximum Gasteiger partial charge on any atom is 0.326 e. The predicted molar refractivity (Wildman–Crippen MR) is 120 cm³/mol. The second kappa shape index (κ2) is 9.69. The molecule has 0 fully saturated rings. The van der Waals surface area contributed by atoms with Gasteiger partial charge in [0.15, 0.2) is 0 Å². The Morgan fingerprint density at radius 1 is 1.20 bits per heavy atom. The first-order valence-electron chi connectivity index (χ1n) is 9.89. The van der Waals surface area contributed by atoms with E-state index < -0.39 is 18.1 Å². The maximum atomic E-state index is 12.7. The highest BCUT2D eigenvalue weighted by Gasteiger charge is 2.37. The Bertz CT molecular complexity index is 934. The van der Waals surface area contributed by atoms with Gasteiger partial charge in [-0.15, -0.1) is 0 Å². The molecular formula is C22H25Cl2N3O3. The largest absolute Gasteiger partial charge is 0.480 e. The summed E-state index contributed by atoms with van der Waals surface area (Å²) in [6, 6.07) is 9.60. The number of benzene rings is 2. The smallest absolute Gasteiger partial charge is 0.326 e. The van der Waals surface area contributed by atoms with Crippen molar-refractivity contribution in [2.75, 3.05) is 16.8 Å². The van der Waals surface area contributed by atoms with Crippen molar-refractivity contribution in [1.82, 2.24) is 0 Å². The van der Waals surface area contributed by atoms with Gasteiger partial charge in [0.2, 0.25) is 5.91 Å². The van der Waals surface area contributed by atoms with Crippen LogP contribution in [0.5, 0.6) is 0 Å². The third-order valence-electron chi connectivity index (χ3n) is 5.30. The number of anilines is 2. The summed E-state index contributed by atoms with van der Waals surface area (Å²) in [6.45, 7) is 2.14. The number of nitrogens with two attached hydrogens (primary N) is 1. The molecule has 0 aliphatic carbocycles. The summed E-state index contributed by atoms with van der Waals surface area (Å²) in [5.74, 6) is -1.20. The number of carboxylic acids is 1. The van der Waals surface area contributed by atoms with Crippen molar-refractivity contribution in [2.24, 2.45) is 5.73 Å². The standard InChI is InChI=1S/C22H25Cl2N3O3/c1-13(28)27(16-7-5-14(6-8-16)4-2-3-9-25)20-12-19(22(29)30)26-18-11-15(23)10-17(24)21(18)20/h5-8,10-11,19-20,26H,2-4,9,12,25H2,1H3,(H,29,30). The van der Waals surface area contributed by atoms with Gasteiger partial charge in [-0.25, -0.2) is 4.79 Å². The summed E-state index contributed by atoms with van der Waals surface area (Å²) in [6.07, 6.45) is 3.07. The van der Waals surface area contributed by atoms with Gasteiger partial charge in [-0.3, -0.25) is 4.79 Å². The van der Waals surface area contributed by atoms with Gasteiger partial charge in [0.25, 0.3) is 0 Å². The molecule has 160 valence electrons. The van der Waals surface area contributed by atoms with Crippen molar-refractivity contribution in [3.63, 3.8) is 0 Å². The Kier molecular flexibility index (Phi) is 7.23. The van der Waals surface area contributed by atoms with E-state index in [0.29, 0.717) is 33.5 Å². The molecule has 1 amide bonds. The maximum absolute atomic E-state index is 12.7. The summed E-state index contributed by atoms with van der Waals surface area (Å²) >= 11 is 12.6. The van der Waals surface area contributed by atoms with Crippen LogP contribution in [0.25, 0.3) is 0 Å². The van der Waals surface area contributed by atoms with Crippen molar-refractivity contribution in [3.05, 3.63) is 57.6 Å². The zero-order valence-corrected chi connectivity index (χ0v) is 18.2. The van der Waals surface area contributed by atoms with Crippen LogP contribution in [0.15, 0.2) is 36.4 Å². The normalized spacial score (nSPS) is 17.7.